The van der Waals surface area contributed by atoms with Crippen LogP contribution in [0.3, 0.4) is 0 Å². The standard InChI is InChI=1S/C20H27F3/c1-2-3-4-5-6-15-7-9-16(10-8-15)11-12-17-13-18(21)20(23)19(22)14-17/h3-4,13-16H,2,5-12H2,1H3/b4-3+/t15-,16-. The second kappa shape index (κ2) is 9.14. The van der Waals surface area contributed by atoms with E-state index in [-0.39, 0.29) is 0 Å². The molecule has 0 bridgehead atoms. The molecule has 0 nitrogen and oxygen atoms in total. The maximum absolute atomic E-state index is 13.2. The fourth-order valence-electron chi connectivity index (χ4n) is 3.55. The van der Waals surface area contributed by atoms with Gasteiger partial charge >= 0.3 is 0 Å². The first-order valence-electron chi connectivity index (χ1n) is 8.88. The largest absolute Gasteiger partial charge is 0.204 e. The van der Waals surface area contributed by atoms with Gasteiger partial charge in [-0.05, 0) is 61.6 Å². The van der Waals surface area contributed by atoms with Gasteiger partial charge in [-0.2, -0.15) is 0 Å². The van der Waals surface area contributed by atoms with Crippen LogP contribution in [0.15, 0.2) is 24.3 Å². The lowest BCUT2D eigenvalue weighted by atomic mass is 9.78. The van der Waals surface area contributed by atoms with E-state index >= 15 is 0 Å². The van der Waals surface area contributed by atoms with Crippen molar-refractivity contribution in [3.8, 4) is 0 Å². The third-order valence-corrected chi connectivity index (χ3v) is 5.00. The van der Waals surface area contributed by atoms with Crippen LogP contribution in [0.1, 0.15) is 63.9 Å². The highest BCUT2D eigenvalue weighted by atomic mass is 19.2. The summed E-state index contributed by atoms with van der Waals surface area (Å²) in [6.45, 7) is 2.15. The molecule has 0 saturated heterocycles. The summed E-state index contributed by atoms with van der Waals surface area (Å²) >= 11 is 0. The van der Waals surface area contributed by atoms with Crippen LogP contribution in [0.25, 0.3) is 0 Å². The summed E-state index contributed by atoms with van der Waals surface area (Å²) in [4.78, 5) is 0. The molecule has 0 aromatic heterocycles. The van der Waals surface area contributed by atoms with Crippen molar-refractivity contribution in [2.75, 3.05) is 0 Å². The zero-order chi connectivity index (χ0) is 16.7. The third-order valence-electron chi connectivity index (χ3n) is 5.00. The Morgan fingerprint density at radius 2 is 1.48 bits per heavy atom. The molecule has 1 aromatic rings. The van der Waals surface area contributed by atoms with Gasteiger partial charge in [-0.15, -0.1) is 0 Å². The lowest BCUT2D eigenvalue weighted by Crippen LogP contribution is -2.15. The molecule has 0 heterocycles. The number of rotatable bonds is 7. The highest BCUT2D eigenvalue weighted by Gasteiger charge is 2.21. The summed E-state index contributed by atoms with van der Waals surface area (Å²) < 4.78 is 39.4. The topological polar surface area (TPSA) is 0 Å². The van der Waals surface area contributed by atoms with E-state index in [1.54, 1.807) is 0 Å². The average molecular weight is 324 g/mol. The molecule has 0 N–H and O–H groups in total. The van der Waals surface area contributed by atoms with E-state index in [1.807, 2.05) is 0 Å². The predicted molar refractivity (Wildman–Crippen MR) is 88.8 cm³/mol. The van der Waals surface area contributed by atoms with Gasteiger partial charge in [0, 0.05) is 0 Å². The van der Waals surface area contributed by atoms with Gasteiger partial charge in [-0.25, -0.2) is 13.2 Å². The number of hydrogen-bond donors (Lipinski definition) is 0. The number of allylic oxidation sites excluding steroid dienone is 2. The minimum atomic E-state index is -1.37. The number of benzene rings is 1. The number of aryl methyl sites for hydroxylation is 1. The maximum atomic E-state index is 13.2. The molecule has 128 valence electrons. The summed E-state index contributed by atoms with van der Waals surface area (Å²) in [5.74, 6) is -2.07. The molecule has 1 saturated carbocycles. The van der Waals surface area contributed by atoms with Crippen molar-refractivity contribution in [2.45, 2.75) is 64.7 Å². The normalized spacial score (nSPS) is 21.9. The van der Waals surface area contributed by atoms with Crippen LogP contribution in [0, 0.1) is 29.3 Å². The molecule has 0 aliphatic heterocycles. The molecule has 23 heavy (non-hydrogen) atoms. The van der Waals surface area contributed by atoms with Gasteiger partial charge < -0.3 is 0 Å². The Kier molecular flexibility index (Phi) is 7.19. The van der Waals surface area contributed by atoms with Gasteiger partial charge in [-0.3, -0.25) is 0 Å². The zero-order valence-electron chi connectivity index (χ0n) is 14.0. The highest BCUT2D eigenvalue weighted by Crippen LogP contribution is 2.34. The van der Waals surface area contributed by atoms with Crippen LogP contribution >= 0.6 is 0 Å². The minimum Gasteiger partial charge on any atom is -0.204 e. The van der Waals surface area contributed by atoms with Crippen LogP contribution in [0.4, 0.5) is 13.2 Å². The number of halogens is 3. The summed E-state index contributed by atoms with van der Waals surface area (Å²) in [7, 11) is 0. The predicted octanol–water partition coefficient (Wildman–Crippen LogP) is 6.59. The fraction of sp³-hybridized carbons (Fsp3) is 0.600. The molecule has 2 rings (SSSR count). The van der Waals surface area contributed by atoms with E-state index in [2.05, 4.69) is 19.1 Å². The first-order valence-corrected chi connectivity index (χ1v) is 8.88. The van der Waals surface area contributed by atoms with E-state index in [4.69, 9.17) is 0 Å². The van der Waals surface area contributed by atoms with Crippen LogP contribution in [0.5, 0.6) is 0 Å². The summed E-state index contributed by atoms with van der Waals surface area (Å²) in [5.41, 5.74) is 0.563. The monoisotopic (exact) mass is 324 g/mol. The van der Waals surface area contributed by atoms with Gasteiger partial charge in [0.1, 0.15) is 0 Å². The molecule has 0 atom stereocenters. The molecular formula is C20H27F3. The van der Waals surface area contributed by atoms with Crippen molar-refractivity contribution < 1.29 is 13.2 Å². The molecule has 0 spiro atoms. The van der Waals surface area contributed by atoms with Gasteiger partial charge in [0.05, 0.1) is 0 Å². The Hall–Kier alpha value is -1.25. The van der Waals surface area contributed by atoms with Crippen LogP contribution in [0.2, 0.25) is 0 Å². The second-order valence-electron chi connectivity index (χ2n) is 6.76. The van der Waals surface area contributed by atoms with Crippen molar-refractivity contribution in [1.29, 1.82) is 0 Å². The quantitative estimate of drug-likeness (QED) is 0.392. The summed E-state index contributed by atoms with van der Waals surface area (Å²) in [6.07, 6.45) is 14.6. The first kappa shape index (κ1) is 18.1. The Labute approximate surface area is 137 Å². The van der Waals surface area contributed by atoms with Crippen LogP contribution in [-0.2, 0) is 6.42 Å². The second-order valence-corrected chi connectivity index (χ2v) is 6.76. The van der Waals surface area contributed by atoms with Crippen LogP contribution in [-0.4, -0.2) is 0 Å². The van der Waals surface area contributed by atoms with Crippen molar-refractivity contribution in [1.82, 2.24) is 0 Å². The lowest BCUT2D eigenvalue weighted by Gasteiger charge is -2.28. The smallest absolute Gasteiger partial charge is 0.194 e. The molecule has 1 fully saturated rings. The number of hydrogen-bond acceptors (Lipinski definition) is 0. The molecule has 3 heteroatoms. The van der Waals surface area contributed by atoms with Crippen molar-refractivity contribution in [3.63, 3.8) is 0 Å². The SMILES string of the molecule is CC/C=C/CC[C@H]1CC[C@H](CCc2cc(F)c(F)c(F)c2)CC1. The lowest BCUT2D eigenvalue weighted by molar-refractivity contribution is 0.254. The Bertz CT molecular complexity index is 491. The summed E-state index contributed by atoms with van der Waals surface area (Å²) in [6, 6.07) is 2.26. The van der Waals surface area contributed by atoms with E-state index in [0.29, 0.717) is 17.9 Å². The minimum absolute atomic E-state index is 0.563. The first-order chi connectivity index (χ1) is 11.1. The maximum Gasteiger partial charge on any atom is 0.194 e. The van der Waals surface area contributed by atoms with Crippen LogP contribution < -0.4 is 0 Å². The van der Waals surface area contributed by atoms with E-state index in [9.17, 15) is 13.2 Å². The third kappa shape index (κ3) is 5.71. The van der Waals surface area contributed by atoms with Gasteiger partial charge in [0.15, 0.2) is 17.5 Å². The van der Waals surface area contributed by atoms with Gasteiger partial charge in [0.25, 0.3) is 0 Å². The molecule has 0 amide bonds. The van der Waals surface area contributed by atoms with Crippen molar-refractivity contribution in [2.24, 2.45) is 11.8 Å². The highest BCUT2D eigenvalue weighted by molar-refractivity contribution is 5.19. The van der Waals surface area contributed by atoms with Gasteiger partial charge in [-0.1, -0.05) is 44.8 Å². The molecule has 0 radical (unpaired) electrons. The molecule has 0 unspecified atom stereocenters. The van der Waals surface area contributed by atoms with Gasteiger partial charge in [0.2, 0.25) is 0 Å². The van der Waals surface area contributed by atoms with E-state index in [0.717, 1.165) is 30.9 Å². The van der Waals surface area contributed by atoms with E-state index < -0.39 is 17.5 Å². The molecular weight excluding hydrogens is 297 g/mol. The Balaban J connectivity index is 1.71. The van der Waals surface area contributed by atoms with Crippen molar-refractivity contribution in [3.05, 3.63) is 47.3 Å². The summed E-state index contributed by atoms with van der Waals surface area (Å²) in [5, 5.41) is 0. The van der Waals surface area contributed by atoms with Crippen molar-refractivity contribution >= 4 is 0 Å². The Morgan fingerprint density at radius 1 is 0.913 bits per heavy atom. The zero-order valence-corrected chi connectivity index (χ0v) is 14.0. The fourth-order valence-corrected chi connectivity index (χ4v) is 3.55. The van der Waals surface area contributed by atoms with E-state index in [1.165, 1.54) is 38.5 Å². The molecule has 1 aliphatic rings. The molecule has 1 aliphatic carbocycles. The Morgan fingerprint density at radius 3 is 2.04 bits per heavy atom. The molecule has 1 aromatic carbocycles. The average Bonchev–Trinajstić information content (AvgIpc) is 2.55.